The number of carbonyl (C=O) groups is 1. The normalized spacial score (nSPS) is 19.0. The first-order chi connectivity index (χ1) is 14.6. The van der Waals surface area contributed by atoms with Crippen LogP contribution in [-0.2, 0) is 20.7 Å². The topological polar surface area (TPSA) is 44.8 Å². The van der Waals surface area contributed by atoms with E-state index >= 15 is 0 Å². The zero-order valence-corrected chi connectivity index (χ0v) is 18.1. The van der Waals surface area contributed by atoms with E-state index < -0.39 is 6.10 Å². The molecule has 5 rings (SSSR count). The van der Waals surface area contributed by atoms with Crippen molar-refractivity contribution in [3.05, 3.63) is 52.1 Å². The quantitative estimate of drug-likeness (QED) is 0.589. The van der Waals surface area contributed by atoms with E-state index in [-0.39, 0.29) is 12.1 Å². The van der Waals surface area contributed by atoms with Gasteiger partial charge in [0.2, 0.25) is 0 Å². The number of esters is 1. The highest BCUT2D eigenvalue weighted by atomic mass is 16.6. The van der Waals surface area contributed by atoms with E-state index in [0.29, 0.717) is 5.92 Å². The SMILES string of the molecule is COC(=O)C(OC1CC1)c1c(C)ccc(C2CC2)c1-c1ccc2c(c1C)CCCO2. The zero-order valence-electron chi connectivity index (χ0n) is 18.1. The fourth-order valence-electron chi connectivity index (χ4n) is 4.74. The summed E-state index contributed by atoms with van der Waals surface area (Å²) in [6, 6.07) is 8.69. The molecule has 1 aliphatic heterocycles. The number of hydrogen-bond donors (Lipinski definition) is 0. The number of aryl methyl sites for hydroxylation is 1. The van der Waals surface area contributed by atoms with Crippen LogP contribution < -0.4 is 4.74 Å². The second kappa shape index (κ2) is 7.73. The molecule has 1 heterocycles. The first-order valence-electron chi connectivity index (χ1n) is 11.2. The van der Waals surface area contributed by atoms with Crippen molar-refractivity contribution in [1.29, 1.82) is 0 Å². The predicted molar refractivity (Wildman–Crippen MR) is 116 cm³/mol. The minimum absolute atomic E-state index is 0.156. The van der Waals surface area contributed by atoms with Crippen molar-refractivity contribution in [3.63, 3.8) is 0 Å². The van der Waals surface area contributed by atoms with Gasteiger partial charge in [-0.05, 0) is 97.7 Å². The average molecular weight is 407 g/mol. The molecule has 0 saturated heterocycles. The molecule has 0 aromatic heterocycles. The Morgan fingerprint density at radius 2 is 1.90 bits per heavy atom. The smallest absolute Gasteiger partial charge is 0.339 e. The molecule has 2 aromatic carbocycles. The highest BCUT2D eigenvalue weighted by Crippen LogP contribution is 2.50. The van der Waals surface area contributed by atoms with Crippen LogP contribution in [0.15, 0.2) is 24.3 Å². The molecule has 30 heavy (non-hydrogen) atoms. The molecule has 2 saturated carbocycles. The molecule has 4 heteroatoms. The minimum Gasteiger partial charge on any atom is -0.493 e. The summed E-state index contributed by atoms with van der Waals surface area (Å²) in [5.74, 6) is 1.26. The Labute approximate surface area is 178 Å². The highest BCUT2D eigenvalue weighted by Gasteiger charge is 2.37. The standard InChI is InChI=1S/C26H30O4/c1-15-6-11-21(17-7-8-17)24(23(15)25(26(27)28-3)30-18-9-10-18)20-12-13-22-19(16(20)2)5-4-14-29-22/h6,11-13,17-18,25H,4-5,7-10,14H2,1-3H3. The van der Waals surface area contributed by atoms with Gasteiger partial charge in [-0.2, -0.15) is 0 Å². The molecule has 158 valence electrons. The maximum absolute atomic E-state index is 12.9. The number of methoxy groups -OCH3 is 1. The number of rotatable bonds is 6. The van der Waals surface area contributed by atoms with Crippen LogP contribution in [0.5, 0.6) is 5.75 Å². The first kappa shape index (κ1) is 19.6. The van der Waals surface area contributed by atoms with Crippen molar-refractivity contribution in [2.45, 2.75) is 70.5 Å². The van der Waals surface area contributed by atoms with Gasteiger partial charge in [0.15, 0.2) is 6.10 Å². The summed E-state index contributed by atoms with van der Waals surface area (Å²) in [6.45, 7) is 5.06. The van der Waals surface area contributed by atoms with E-state index in [1.807, 2.05) is 0 Å². The average Bonchev–Trinajstić information content (AvgIpc) is 3.67. The fourth-order valence-corrected chi connectivity index (χ4v) is 4.74. The molecule has 1 unspecified atom stereocenters. The summed E-state index contributed by atoms with van der Waals surface area (Å²) in [6.07, 6.45) is 5.99. The van der Waals surface area contributed by atoms with Crippen LogP contribution in [0.1, 0.15) is 71.9 Å². The molecule has 2 aromatic rings. The van der Waals surface area contributed by atoms with Crippen LogP contribution in [0.3, 0.4) is 0 Å². The lowest BCUT2D eigenvalue weighted by Crippen LogP contribution is -2.21. The molecular weight excluding hydrogens is 376 g/mol. The van der Waals surface area contributed by atoms with Crippen LogP contribution >= 0.6 is 0 Å². The second-order valence-corrected chi connectivity index (χ2v) is 8.94. The summed E-state index contributed by atoms with van der Waals surface area (Å²) in [5, 5.41) is 0. The molecule has 4 nitrogen and oxygen atoms in total. The monoisotopic (exact) mass is 406 g/mol. The van der Waals surface area contributed by atoms with Crippen LogP contribution in [-0.4, -0.2) is 25.8 Å². The lowest BCUT2D eigenvalue weighted by Gasteiger charge is -2.27. The van der Waals surface area contributed by atoms with Crippen molar-refractivity contribution in [1.82, 2.24) is 0 Å². The van der Waals surface area contributed by atoms with Gasteiger partial charge in [-0.1, -0.05) is 18.2 Å². The maximum atomic E-state index is 12.9. The van der Waals surface area contributed by atoms with E-state index in [1.54, 1.807) is 0 Å². The lowest BCUT2D eigenvalue weighted by atomic mass is 9.83. The zero-order chi connectivity index (χ0) is 20.8. The lowest BCUT2D eigenvalue weighted by molar-refractivity contribution is -0.155. The third-order valence-electron chi connectivity index (χ3n) is 6.70. The molecule has 0 spiro atoms. The van der Waals surface area contributed by atoms with Crippen molar-refractivity contribution >= 4 is 5.97 Å². The second-order valence-electron chi connectivity index (χ2n) is 8.94. The number of fused-ring (bicyclic) bond motifs is 1. The Morgan fingerprint density at radius 1 is 1.10 bits per heavy atom. The predicted octanol–water partition coefficient (Wildman–Crippen LogP) is 5.57. The van der Waals surface area contributed by atoms with Crippen molar-refractivity contribution < 1.29 is 19.0 Å². The van der Waals surface area contributed by atoms with Gasteiger partial charge in [0, 0.05) is 5.56 Å². The fraction of sp³-hybridized carbons (Fsp3) is 0.500. The summed E-state index contributed by atoms with van der Waals surface area (Å²) < 4.78 is 17.4. The van der Waals surface area contributed by atoms with Gasteiger partial charge >= 0.3 is 5.97 Å². The Kier molecular flexibility index (Phi) is 5.06. The number of carbonyl (C=O) groups excluding carboxylic acids is 1. The molecule has 3 aliphatic rings. The molecule has 0 radical (unpaired) electrons. The highest BCUT2D eigenvalue weighted by molar-refractivity contribution is 5.85. The van der Waals surface area contributed by atoms with Gasteiger partial charge in [-0.25, -0.2) is 4.79 Å². The first-order valence-corrected chi connectivity index (χ1v) is 11.2. The summed E-state index contributed by atoms with van der Waals surface area (Å²) in [7, 11) is 1.45. The number of benzene rings is 2. The Morgan fingerprint density at radius 3 is 2.60 bits per heavy atom. The third-order valence-corrected chi connectivity index (χ3v) is 6.70. The molecule has 1 atom stereocenters. The van der Waals surface area contributed by atoms with E-state index in [9.17, 15) is 4.79 Å². The molecule has 0 bridgehead atoms. The van der Waals surface area contributed by atoms with Gasteiger partial charge in [0.05, 0.1) is 19.8 Å². The van der Waals surface area contributed by atoms with Gasteiger partial charge in [0.1, 0.15) is 5.75 Å². The van der Waals surface area contributed by atoms with E-state index in [0.717, 1.165) is 49.2 Å². The molecular formula is C26H30O4. The van der Waals surface area contributed by atoms with Crippen LogP contribution in [0.4, 0.5) is 0 Å². The van der Waals surface area contributed by atoms with E-state index in [2.05, 4.69) is 38.1 Å². The van der Waals surface area contributed by atoms with E-state index in [4.69, 9.17) is 14.2 Å². The third kappa shape index (κ3) is 3.51. The molecule has 2 aliphatic carbocycles. The molecule has 2 fully saturated rings. The minimum atomic E-state index is -0.678. The van der Waals surface area contributed by atoms with E-state index in [1.165, 1.54) is 47.8 Å². The van der Waals surface area contributed by atoms with Gasteiger partial charge in [-0.15, -0.1) is 0 Å². The van der Waals surface area contributed by atoms with Crippen molar-refractivity contribution in [3.8, 4) is 16.9 Å². The summed E-state index contributed by atoms with van der Waals surface area (Å²) in [5.41, 5.74) is 8.34. The van der Waals surface area contributed by atoms with Gasteiger partial charge < -0.3 is 14.2 Å². The van der Waals surface area contributed by atoms with Crippen LogP contribution in [0, 0.1) is 13.8 Å². The van der Waals surface area contributed by atoms with Gasteiger partial charge in [-0.3, -0.25) is 0 Å². The maximum Gasteiger partial charge on any atom is 0.339 e. The van der Waals surface area contributed by atoms with Crippen molar-refractivity contribution in [2.75, 3.05) is 13.7 Å². The molecule has 0 amide bonds. The van der Waals surface area contributed by atoms with Crippen LogP contribution in [0.2, 0.25) is 0 Å². The largest absolute Gasteiger partial charge is 0.493 e. The number of hydrogen-bond acceptors (Lipinski definition) is 4. The summed E-state index contributed by atoms with van der Waals surface area (Å²) >= 11 is 0. The Hall–Kier alpha value is -2.33. The number of ether oxygens (including phenoxy) is 3. The summed E-state index contributed by atoms with van der Waals surface area (Å²) in [4.78, 5) is 12.9. The van der Waals surface area contributed by atoms with Crippen LogP contribution in [0.25, 0.3) is 11.1 Å². The van der Waals surface area contributed by atoms with Gasteiger partial charge in [0.25, 0.3) is 0 Å². The Bertz CT molecular complexity index is 985. The molecule has 0 N–H and O–H groups in total. The Balaban J connectivity index is 1.72. The van der Waals surface area contributed by atoms with Crippen molar-refractivity contribution in [2.24, 2.45) is 0 Å².